The smallest absolute Gasteiger partial charge is 0.356 e. The SMILES string of the molecule is COC(=O)c1c(NC(C)=O)c2cc(NCc3cccc(F)c3)cnc2n1C. The van der Waals surface area contributed by atoms with Crippen LogP contribution >= 0.6 is 0 Å². The van der Waals surface area contributed by atoms with Crippen molar-refractivity contribution in [3.8, 4) is 0 Å². The molecule has 1 aromatic carbocycles. The van der Waals surface area contributed by atoms with E-state index in [1.807, 2.05) is 6.07 Å². The van der Waals surface area contributed by atoms with Gasteiger partial charge in [0, 0.05) is 25.9 Å². The fraction of sp³-hybridized carbons (Fsp3) is 0.211. The lowest BCUT2D eigenvalue weighted by Crippen LogP contribution is -2.13. The van der Waals surface area contributed by atoms with E-state index in [-0.39, 0.29) is 17.4 Å². The minimum atomic E-state index is -0.575. The average Bonchev–Trinajstić information content (AvgIpc) is 2.90. The minimum Gasteiger partial charge on any atom is -0.464 e. The van der Waals surface area contributed by atoms with E-state index in [4.69, 9.17) is 4.74 Å². The zero-order valence-electron chi connectivity index (χ0n) is 15.2. The van der Waals surface area contributed by atoms with Crippen molar-refractivity contribution in [2.75, 3.05) is 17.7 Å². The molecule has 2 heterocycles. The van der Waals surface area contributed by atoms with Crippen molar-refractivity contribution in [1.29, 1.82) is 0 Å². The molecular formula is C19H19FN4O3. The molecule has 7 nitrogen and oxygen atoms in total. The molecule has 0 bridgehead atoms. The van der Waals surface area contributed by atoms with Gasteiger partial charge in [-0.2, -0.15) is 0 Å². The van der Waals surface area contributed by atoms with Crippen LogP contribution in [0.4, 0.5) is 15.8 Å². The van der Waals surface area contributed by atoms with Crippen LogP contribution < -0.4 is 10.6 Å². The molecule has 0 saturated carbocycles. The second-order valence-corrected chi connectivity index (χ2v) is 6.03. The highest BCUT2D eigenvalue weighted by atomic mass is 19.1. The number of carbonyl (C=O) groups excluding carboxylic acids is 2. The number of carbonyl (C=O) groups is 2. The standard InChI is InChI=1S/C19H19FN4O3/c1-11(25)23-16-15-8-14(21-9-12-5-4-6-13(20)7-12)10-22-18(15)24(2)17(16)19(26)27-3/h4-8,10,21H,9H2,1-3H3,(H,23,25). The number of nitrogens with one attached hydrogen (secondary N) is 2. The van der Waals surface area contributed by atoms with Crippen molar-refractivity contribution in [3.05, 3.63) is 53.6 Å². The summed E-state index contributed by atoms with van der Waals surface area (Å²) in [6, 6.07) is 8.05. The van der Waals surface area contributed by atoms with Crippen LogP contribution in [0.1, 0.15) is 23.0 Å². The number of pyridine rings is 1. The summed E-state index contributed by atoms with van der Waals surface area (Å²) in [5.74, 6) is -1.19. The number of aromatic nitrogens is 2. The molecule has 0 unspecified atom stereocenters. The maximum atomic E-state index is 13.3. The first-order valence-electron chi connectivity index (χ1n) is 8.23. The Morgan fingerprint density at radius 2 is 2.07 bits per heavy atom. The van der Waals surface area contributed by atoms with Crippen LogP contribution in [0.25, 0.3) is 11.0 Å². The Morgan fingerprint density at radius 3 is 2.74 bits per heavy atom. The number of benzene rings is 1. The minimum absolute atomic E-state index is 0.206. The quantitative estimate of drug-likeness (QED) is 0.674. The van der Waals surface area contributed by atoms with Gasteiger partial charge in [-0.1, -0.05) is 12.1 Å². The Morgan fingerprint density at radius 1 is 1.30 bits per heavy atom. The summed E-state index contributed by atoms with van der Waals surface area (Å²) in [5.41, 5.74) is 2.52. The van der Waals surface area contributed by atoms with E-state index in [2.05, 4.69) is 15.6 Å². The van der Waals surface area contributed by atoms with Gasteiger partial charge >= 0.3 is 5.97 Å². The molecule has 140 valence electrons. The van der Waals surface area contributed by atoms with Crippen LogP contribution in [0.3, 0.4) is 0 Å². The van der Waals surface area contributed by atoms with Gasteiger partial charge in [0.25, 0.3) is 0 Å². The van der Waals surface area contributed by atoms with Crippen LogP contribution in [0.2, 0.25) is 0 Å². The molecule has 8 heteroatoms. The highest BCUT2D eigenvalue weighted by Crippen LogP contribution is 2.31. The molecule has 0 fully saturated rings. The summed E-state index contributed by atoms with van der Waals surface area (Å²) in [6.07, 6.45) is 1.61. The van der Waals surface area contributed by atoms with Crippen molar-refractivity contribution in [2.24, 2.45) is 7.05 Å². The molecule has 3 aromatic rings. The number of anilines is 2. The van der Waals surface area contributed by atoms with Gasteiger partial charge in [-0.3, -0.25) is 4.79 Å². The van der Waals surface area contributed by atoms with Crippen LogP contribution in [0.15, 0.2) is 36.5 Å². The fourth-order valence-corrected chi connectivity index (χ4v) is 2.90. The summed E-state index contributed by atoms with van der Waals surface area (Å²) >= 11 is 0. The zero-order chi connectivity index (χ0) is 19.6. The largest absolute Gasteiger partial charge is 0.464 e. The number of amides is 1. The molecule has 1 amide bonds. The topological polar surface area (TPSA) is 85.2 Å². The molecule has 2 N–H and O–H groups in total. The van der Waals surface area contributed by atoms with Crippen LogP contribution in [0.5, 0.6) is 0 Å². The summed E-state index contributed by atoms with van der Waals surface area (Å²) in [6.45, 7) is 1.76. The molecule has 0 radical (unpaired) electrons. The number of hydrogen-bond donors (Lipinski definition) is 2. The third kappa shape index (κ3) is 3.74. The fourth-order valence-electron chi connectivity index (χ4n) is 2.90. The number of halogens is 1. The van der Waals surface area contributed by atoms with Crippen molar-refractivity contribution >= 4 is 34.3 Å². The first kappa shape index (κ1) is 18.4. The number of nitrogens with zero attached hydrogens (tertiary/aromatic N) is 2. The lowest BCUT2D eigenvalue weighted by Gasteiger charge is -2.07. The van der Waals surface area contributed by atoms with Gasteiger partial charge in [0.2, 0.25) is 5.91 Å². The van der Waals surface area contributed by atoms with Gasteiger partial charge < -0.3 is 19.9 Å². The van der Waals surface area contributed by atoms with Gasteiger partial charge in [-0.25, -0.2) is 14.2 Å². The number of rotatable bonds is 5. The van der Waals surface area contributed by atoms with E-state index < -0.39 is 5.97 Å². The summed E-state index contributed by atoms with van der Waals surface area (Å²) in [4.78, 5) is 28.2. The first-order valence-corrected chi connectivity index (χ1v) is 8.23. The maximum Gasteiger partial charge on any atom is 0.356 e. The van der Waals surface area contributed by atoms with E-state index in [1.165, 1.54) is 26.2 Å². The molecule has 2 aromatic heterocycles. The highest BCUT2D eigenvalue weighted by molar-refractivity contribution is 6.10. The average molecular weight is 370 g/mol. The van der Waals surface area contributed by atoms with Gasteiger partial charge in [-0.15, -0.1) is 0 Å². The third-order valence-electron chi connectivity index (χ3n) is 4.09. The van der Waals surface area contributed by atoms with E-state index in [1.54, 1.807) is 29.9 Å². The van der Waals surface area contributed by atoms with Crippen molar-refractivity contribution in [3.63, 3.8) is 0 Å². The Balaban J connectivity index is 2.00. The van der Waals surface area contributed by atoms with E-state index in [9.17, 15) is 14.0 Å². The van der Waals surface area contributed by atoms with Gasteiger partial charge in [0.05, 0.1) is 24.7 Å². The second-order valence-electron chi connectivity index (χ2n) is 6.03. The van der Waals surface area contributed by atoms with Crippen LogP contribution in [-0.4, -0.2) is 28.5 Å². The molecule has 27 heavy (non-hydrogen) atoms. The number of aryl methyl sites for hydroxylation is 1. The lowest BCUT2D eigenvalue weighted by molar-refractivity contribution is -0.114. The van der Waals surface area contributed by atoms with Gasteiger partial charge in [-0.05, 0) is 23.8 Å². The lowest BCUT2D eigenvalue weighted by atomic mass is 10.2. The van der Waals surface area contributed by atoms with Gasteiger partial charge in [0.15, 0.2) is 5.69 Å². The van der Waals surface area contributed by atoms with Crippen molar-refractivity contribution in [1.82, 2.24) is 9.55 Å². The summed E-state index contributed by atoms with van der Waals surface area (Å²) in [7, 11) is 2.95. The molecule has 0 atom stereocenters. The molecule has 0 saturated heterocycles. The monoisotopic (exact) mass is 370 g/mol. The Hall–Kier alpha value is -3.42. The second kappa shape index (κ2) is 7.45. The van der Waals surface area contributed by atoms with Crippen LogP contribution in [0, 0.1) is 5.82 Å². The van der Waals surface area contributed by atoms with Crippen LogP contribution in [-0.2, 0) is 23.1 Å². The predicted octanol–water partition coefficient (Wildman–Crippen LogP) is 3.07. The predicted molar refractivity (Wildman–Crippen MR) is 100 cm³/mol. The van der Waals surface area contributed by atoms with Crippen molar-refractivity contribution in [2.45, 2.75) is 13.5 Å². The molecule has 0 aliphatic rings. The molecular weight excluding hydrogens is 351 g/mol. The number of fused-ring (bicyclic) bond motifs is 1. The number of methoxy groups -OCH3 is 1. The molecule has 0 spiro atoms. The first-order chi connectivity index (χ1) is 12.9. The highest BCUT2D eigenvalue weighted by Gasteiger charge is 2.23. The third-order valence-corrected chi connectivity index (χ3v) is 4.09. The van der Waals surface area contributed by atoms with E-state index in [0.717, 1.165) is 5.56 Å². The van der Waals surface area contributed by atoms with E-state index >= 15 is 0 Å². The van der Waals surface area contributed by atoms with Gasteiger partial charge in [0.1, 0.15) is 11.5 Å². The Kier molecular flexibility index (Phi) is 5.07. The normalized spacial score (nSPS) is 10.7. The number of ether oxygens (including phenoxy) is 1. The molecule has 0 aliphatic heterocycles. The van der Waals surface area contributed by atoms with Crippen molar-refractivity contribution < 1.29 is 18.7 Å². The zero-order valence-corrected chi connectivity index (χ0v) is 15.2. The molecule has 0 aliphatic carbocycles. The summed E-state index contributed by atoms with van der Waals surface area (Å²) in [5, 5.41) is 6.44. The summed E-state index contributed by atoms with van der Waals surface area (Å²) < 4.78 is 19.7. The number of hydrogen-bond acceptors (Lipinski definition) is 5. The Labute approximate surface area is 155 Å². The maximum absolute atomic E-state index is 13.3. The number of esters is 1. The molecule has 3 rings (SSSR count). The Bertz CT molecular complexity index is 1030. The van der Waals surface area contributed by atoms with E-state index in [0.29, 0.717) is 29.0 Å².